The number of hydrogen-bond donors (Lipinski definition) is 1. The molecule has 0 radical (unpaired) electrons. The fourth-order valence-corrected chi connectivity index (χ4v) is 1.30. The van der Waals surface area contributed by atoms with Crippen molar-refractivity contribution in [1.29, 1.82) is 0 Å². The van der Waals surface area contributed by atoms with Crippen molar-refractivity contribution in [2.75, 3.05) is 7.11 Å². The Morgan fingerprint density at radius 3 is 2.71 bits per heavy atom. The number of carbonyl (C=O) groups excluding carboxylic acids is 1. The topological polar surface area (TPSA) is 46.5 Å². The van der Waals surface area contributed by atoms with Crippen LogP contribution in [0.2, 0.25) is 0 Å². The van der Waals surface area contributed by atoms with Crippen molar-refractivity contribution in [2.24, 2.45) is 5.92 Å². The Balaban J connectivity index is 2.69. The molecule has 0 aliphatic heterocycles. The molecule has 0 saturated carbocycles. The summed E-state index contributed by atoms with van der Waals surface area (Å²) < 4.78 is 4.60. The fourth-order valence-electron chi connectivity index (χ4n) is 1.30. The molecule has 0 aliphatic carbocycles. The second-order valence-electron chi connectivity index (χ2n) is 3.26. The number of esters is 1. The molecule has 0 aromatic heterocycles. The molecule has 0 saturated heterocycles. The van der Waals surface area contributed by atoms with Crippen molar-refractivity contribution in [1.82, 2.24) is 0 Å². The van der Waals surface area contributed by atoms with Crippen molar-refractivity contribution in [3.05, 3.63) is 29.8 Å². The number of ether oxygens (including phenoxy) is 1. The minimum absolute atomic E-state index is 0.225. The molecular formula is C11H14O3. The SMILES string of the molecule is COC(=O)C(C)Cc1ccccc1O. The van der Waals surface area contributed by atoms with E-state index in [9.17, 15) is 9.90 Å². The average Bonchev–Trinajstić information content (AvgIpc) is 2.20. The summed E-state index contributed by atoms with van der Waals surface area (Å²) in [7, 11) is 1.36. The Labute approximate surface area is 83.3 Å². The highest BCUT2D eigenvalue weighted by atomic mass is 16.5. The zero-order chi connectivity index (χ0) is 10.6. The third kappa shape index (κ3) is 2.49. The molecule has 1 unspecified atom stereocenters. The van der Waals surface area contributed by atoms with E-state index in [1.165, 1.54) is 7.11 Å². The number of methoxy groups -OCH3 is 1. The van der Waals surface area contributed by atoms with Crippen molar-refractivity contribution in [2.45, 2.75) is 13.3 Å². The van der Waals surface area contributed by atoms with Gasteiger partial charge in [0.1, 0.15) is 5.75 Å². The third-order valence-corrected chi connectivity index (χ3v) is 2.12. The van der Waals surface area contributed by atoms with E-state index >= 15 is 0 Å². The molecule has 1 aromatic carbocycles. The van der Waals surface area contributed by atoms with Gasteiger partial charge in [0, 0.05) is 0 Å². The summed E-state index contributed by atoms with van der Waals surface area (Å²) in [5.41, 5.74) is 0.769. The van der Waals surface area contributed by atoms with Crippen molar-refractivity contribution < 1.29 is 14.6 Å². The third-order valence-electron chi connectivity index (χ3n) is 2.12. The standard InChI is InChI=1S/C11H14O3/c1-8(11(13)14-2)7-9-5-3-4-6-10(9)12/h3-6,8,12H,7H2,1-2H3. The van der Waals surface area contributed by atoms with Crippen molar-refractivity contribution in [3.63, 3.8) is 0 Å². The van der Waals surface area contributed by atoms with Crippen LogP contribution in [0, 0.1) is 5.92 Å². The lowest BCUT2D eigenvalue weighted by Crippen LogP contribution is -2.15. The molecule has 3 heteroatoms. The molecule has 1 aromatic rings. The molecule has 0 aliphatic rings. The number of phenolic OH excluding ortho intramolecular Hbond substituents is 1. The molecule has 1 rings (SSSR count). The maximum atomic E-state index is 11.1. The van der Waals surface area contributed by atoms with Gasteiger partial charge in [-0.3, -0.25) is 4.79 Å². The number of carbonyl (C=O) groups is 1. The van der Waals surface area contributed by atoms with Gasteiger partial charge < -0.3 is 9.84 Å². The Kier molecular flexibility index (Phi) is 3.51. The first-order valence-corrected chi connectivity index (χ1v) is 4.50. The van der Waals surface area contributed by atoms with E-state index in [2.05, 4.69) is 4.74 Å². The minimum atomic E-state index is -0.256. The fraction of sp³-hybridized carbons (Fsp3) is 0.364. The lowest BCUT2D eigenvalue weighted by Gasteiger charge is -2.09. The van der Waals surface area contributed by atoms with Crippen LogP contribution < -0.4 is 0 Å². The van der Waals surface area contributed by atoms with E-state index in [4.69, 9.17) is 0 Å². The molecular weight excluding hydrogens is 180 g/mol. The molecule has 0 amide bonds. The van der Waals surface area contributed by atoms with Crippen molar-refractivity contribution in [3.8, 4) is 5.75 Å². The molecule has 0 fully saturated rings. The lowest BCUT2D eigenvalue weighted by atomic mass is 10.0. The Hall–Kier alpha value is -1.51. The quantitative estimate of drug-likeness (QED) is 0.745. The van der Waals surface area contributed by atoms with Crippen LogP contribution in [0.3, 0.4) is 0 Å². The van der Waals surface area contributed by atoms with E-state index in [-0.39, 0.29) is 17.6 Å². The van der Waals surface area contributed by atoms with Crippen LogP contribution in [-0.2, 0) is 16.0 Å². The molecule has 1 N–H and O–H groups in total. The molecule has 0 spiro atoms. The van der Waals surface area contributed by atoms with Gasteiger partial charge in [-0.25, -0.2) is 0 Å². The maximum Gasteiger partial charge on any atom is 0.308 e. The van der Waals surface area contributed by atoms with Crippen LogP contribution in [0.5, 0.6) is 5.75 Å². The highest BCUT2D eigenvalue weighted by molar-refractivity contribution is 5.72. The van der Waals surface area contributed by atoms with Crippen LogP contribution in [0.1, 0.15) is 12.5 Å². The normalized spacial score (nSPS) is 12.1. The van der Waals surface area contributed by atoms with Gasteiger partial charge in [0.15, 0.2) is 0 Å². The van der Waals surface area contributed by atoms with Crippen LogP contribution in [-0.4, -0.2) is 18.2 Å². The summed E-state index contributed by atoms with van der Waals surface area (Å²) in [6.45, 7) is 1.78. The first kappa shape index (κ1) is 10.6. The van der Waals surface area contributed by atoms with Gasteiger partial charge >= 0.3 is 5.97 Å². The van der Waals surface area contributed by atoms with Gasteiger partial charge in [0.05, 0.1) is 13.0 Å². The number of phenols is 1. The van der Waals surface area contributed by atoms with Crippen molar-refractivity contribution >= 4 is 5.97 Å². The number of rotatable bonds is 3. The first-order valence-electron chi connectivity index (χ1n) is 4.50. The Bertz CT molecular complexity index is 320. The number of para-hydroxylation sites is 1. The predicted octanol–water partition coefficient (Wildman–Crippen LogP) is 1.74. The van der Waals surface area contributed by atoms with Crippen LogP contribution in [0.25, 0.3) is 0 Å². The summed E-state index contributed by atoms with van der Waals surface area (Å²) in [6, 6.07) is 6.99. The summed E-state index contributed by atoms with van der Waals surface area (Å²) in [6.07, 6.45) is 0.499. The van der Waals surface area contributed by atoms with E-state index in [0.717, 1.165) is 5.56 Å². The second-order valence-corrected chi connectivity index (χ2v) is 3.26. The number of aromatic hydroxyl groups is 1. The number of hydrogen-bond acceptors (Lipinski definition) is 3. The average molecular weight is 194 g/mol. The molecule has 76 valence electrons. The van der Waals surface area contributed by atoms with E-state index in [0.29, 0.717) is 6.42 Å². The van der Waals surface area contributed by atoms with Crippen LogP contribution in [0.4, 0.5) is 0 Å². The second kappa shape index (κ2) is 4.65. The van der Waals surface area contributed by atoms with Gasteiger partial charge in [-0.2, -0.15) is 0 Å². The predicted molar refractivity (Wildman–Crippen MR) is 53.0 cm³/mol. The maximum absolute atomic E-state index is 11.1. The highest BCUT2D eigenvalue weighted by Crippen LogP contribution is 2.19. The van der Waals surface area contributed by atoms with Crippen LogP contribution in [0.15, 0.2) is 24.3 Å². The zero-order valence-corrected chi connectivity index (χ0v) is 8.36. The molecule has 14 heavy (non-hydrogen) atoms. The Morgan fingerprint density at radius 1 is 1.50 bits per heavy atom. The molecule has 1 atom stereocenters. The number of benzene rings is 1. The molecule has 3 nitrogen and oxygen atoms in total. The van der Waals surface area contributed by atoms with Gasteiger partial charge in [-0.15, -0.1) is 0 Å². The summed E-state index contributed by atoms with van der Waals surface area (Å²) >= 11 is 0. The van der Waals surface area contributed by atoms with Gasteiger partial charge in [-0.1, -0.05) is 25.1 Å². The van der Waals surface area contributed by atoms with Gasteiger partial charge in [-0.05, 0) is 18.1 Å². The molecule has 0 heterocycles. The van der Waals surface area contributed by atoms with E-state index < -0.39 is 0 Å². The Morgan fingerprint density at radius 2 is 2.14 bits per heavy atom. The summed E-state index contributed by atoms with van der Waals surface area (Å²) in [4.78, 5) is 11.1. The zero-order valence-electron chi connectivity index (χ0n) is 8.36. The summed E-state index contributed by atoms with van der Waals surface area (Å²) in [5.74, 6) is -0.259. The van der Waals surface area contributed by atoms with Gasteiger partial charge in [0.25, 0.3) is 0 Å². The van der Waals surface area contributed by atoms with E-state index in [1.54, 1.807) is 25.1 Å². The van der Waals surface area contributed by atoms with Gasteiger partial charge in [0.2, 0.25) is 0 Å². The largest absolute Gasteiger partial charge is 0.508 e. The van der Waals surface area contributed by atoms with E-state index in [1.807, 2.05) is 6.07 Å². The monoisotopic (exact) mass is 194 g/mol. The lowest BCUT2D eigenvalue weighted by molar-refractivity contribution is -0.144. The first-order chi connectivity index (χ1) is 6.65. The van der Waals surface area contributed by atoms with Crippen LogP contribution >= 0.6 is 0 Å². The summed E-state index contributed by atoms with van der Waals surface area (Å²) in [5, 5.41) is 9.46. The minimum Gasteiger partial charge on any atom is -0.508 e. The highest BCUT2D eigenvalue weighted by Gasteiger charge is 2.14. The molecule has 0 bridgehead atoms. The smallest absolute Gasteiger partial charge is 0.308 e.